The number of halogens is 1. The van der Waals surface area contributed by atoms with E-state index in [4.69, 9.17) is 16.3 Å². The number of rotatable bonds is 4. The van der Waals surface area contributed by atoms with Crippen molar-refractivity contribution in [2.75, 3.05) is 31.7 Å². The van der Waals surface area contributed by atoms with Crippen molar-refractivity contribution in [1.29, 1.82) is 0 Å². The molecule has 0 atom stereocenters. The van der Waals surface area contributed by atoms with Crippen LogP contribution in [0, 0.1) is 0 Å². The molecular formula is C11H14ClN3O2. The first-order valence-corrected chi connectivity index (χ1v) is 5.73. The van der Waals surface area contributed by atoms with Gasteiger partial charge in [-0.25, -0.2) is 4.98 Å². The van der Waals surface area contributed by atoms with Crippen molar-refractivity contribution in [1.82, 2.24) is 10.3 Å². The summed E-state index contributed by atoms with van der Waals surface area (Å²) in [7, 11) is 1.81. The topological polar surface area (TPSA) is 54.5 Å². The Labute approximate surface area is 105 Å². The van der Waals surface area contributed by atoms with Crippen LogP contribution in [0.2, 0.25) is 5.02 Å². The van der Waals surface area contributed by atoms with E-state index in [9.17, 15) is 4.79 Å². The van der Waals surface area contributed by atoms with E-state index < -0.39 is 0 Å². The summed E-state index contributed by atoms with van der Waals surface area (Å²) in [6.45, 7) is 1.48. The number of likely N-dealkylation sites (N-methyl/N-ethyl adjacent to an activating group) is 1. The zero-order valence-corrected chi connectivity index (χ0v) is 10.3. The van der Waals surface area contributed by atoms with E-state index in [0.29, 0.717) is 18.2 Å². The van der Waals surface area contributed by atoms with Gasteiger partial charge in [0.05, 0.1) is 30.8 Å². The zero-order valence-electron chi connectivity index (χ0n) is 9.52. The van der Waals surface area contributed by atoms with Gasteiger partial charge in [0.25, 0.3) is 0 Å². The normalized spacial score (nSPS) is 15.2. The molecule has 1 aromatic rings. The molecule has 0 spiro atoms. The number of hydrogen-bond donors (Lipinski definition) is 1. The number of pyridine rings is 1. The fraction of sp³-hybridized carbons (Fsp3) is 0.455. The highest BCUT2D eigenvalue weighted by molar-refractivity contribution is 6.30. The number of carbonyl (C=O) groups is 1. The molecule has 5 nitrogen and oxygen atoms in total. The van der Waals surface area contributed by atoms with Gasteiger partial charge in [0.15, 0.2) is 0 Å². The van der Waals surface area contributed by atoms with Crippen LogP contribution in [0.3, 0.4) is 0 Å². The summed E-state index contributed by atoms with van der Waals surface area (Å²) in [5.74, 6) is 0.687. The van der Waals surface area contributed by atoms with Gasteiger partial charge in [0, 0.05) is 13.2 Å². The standard InChI is InChI=1S/C11H14ClN3O2/c1-15(10-3-2-8(12)4-13-10)5-11(16)14-9-6-17-7-9/h2-4,9H,5-7H2,1H3,(H,14,16). The van der Waals surface area contributed by atoms with Crippen molar-refractivity contribution in [3.63, 3.8) is 0 Å². The van der Waals surface area contributed by atoms with Gasteiger partial charge in [0.2, 0.25) is 5.91 Å². The molecule has 1 amide bonds. The first-order chi connectivity index (χ1) is 8.15. The molecule has 0 aliphatic carbocycles. The minimum absolute atomic E-state index is 0.0300. The molecule has 92 valence electrons. The van der Waals surface area contributed by atoms with Crippen molar-refractivity contribution in [2.24, 2.45) is 0 Å². The van der Waals surface area contributed by atoms with Gasteiger partial charge in [-0.1, -0.05) is 11.6 Å². The molecule has 0 radical (unpaired) electrons. The van der Waals surface area contributed by atoms with E-state index in [1.54, 1.807) is 23.2 Å². The number of anilines is 1. The Morgan fingerprint density at radius 1 is 1.65 bits per heavy atom. The maximum Gasteiger partial charge on any atom is 0.239 e. The van der Waals surface area contributed by atoms with Crippen molar-refractivity contribution in [2.45, 2.75) is 6.04 Å². The largest absolute Gasteiger partial charge is 0.377 e. The lowest BCUT2D eigenvalue weighted by atomic mass is 10.2. The van der Waals surface area contributed by atoms with E-state index >= 15 is 0 Å². The number of ether oxygens (including phenoxy) is 1. The Hall–Kier alpha value is -1.33. The quantitative estimate of drug-likeness (QED) is 0.860. The molecule has 1 saturated heterocycles. The second-order valence-electron chi connectivity index (χ2n) is 3.99. The third-order valence-corrected chi connectivity index (χ3v) is 2.71. The molecule has 2 heterocycles. The Morgan fingerprint density at radius 2 is 2.41 bits per heavy atom. The van der Waals surface area contributed by atoms with Crippen molar-refractivity contribution >= 4 is 23.3 Å². The molecular weight excluding hydrogens is 242 g/mol. The summed E-state index contributed by atoms with van der Waals surface area (Å²) in [6.07, 6.45) is 1.56. The van der Waals surface area contributed by atoms with Crippen molar-refractivity contribution in [3.8, 4) is 0 Å². The molecule has 1 aliphatic rings. The smallest absolute Gasteiger partial charge is 0.239 e. The maximum absolute atomic E-state index is 11.6. The van der Waals surface area contributed by atoms with Gasteiger partial charge in [-0.2, -0.15) is 0 Å². The van der Waals surface area contributed by atoms with Gasteiger partial charge in [-0.3, -0.25) is 4.79 Å². The second kappa shape index (κ2) is 5.33. The molecule has 0 aromatic carbocycles. The minimum atomic E-state index is -0.0300. The molecule has 2 rings (SSSR count). The molecule has 1 fully saturated rings. The Kier molecular flexibility index (Phi) is 3.81. The Morgan fingerprint density at radius 3 is 2.94 bits per heavy atom. The molecule has 1 aliphatic heterocycles. The van der Waals surface area contributed by atoms with E-state index in [2.05, 4.69) is 10.3 Å². The van der Waals surface area contributed by atoms with E-state index in [1.807, 2.05) is 7.05 Å². The average molecular weight is 256 g/mol. The molecule has 1 N–H and O–H groups in total. The summed E-state index contributed by atoms with van der Waals surface area (Å²) in [6, 6.07) is 3.69. The maximum atomic E-state index is 11.6. The van der Waals surface area contributed by atoms with Crippen LogP contribution in [0.1, 0.15) is 0 Å². The van der Waals surface area contributed by atoms with Gasteiger partial charge < -0.3 is 15.0 Å². The highest BCUT2D eigenvalue weighted by atomic mass is 35.5. The highest BCUT2D eigenvalue weighted by Gasteiger charge is 2.20. The van der Waals surface area contributed by atoms with Crippen LogP contribution in [0.25, 0.3) is 0 Å². The van der Waals surface area contributed by atoms with Gasteiger partial charge in [-0.05, 0) is 12.1 Å². The van der Waals surface area contributed by atoms with Gasteiger partial charge in [0.1, 0.15) is 5.82 Å². The summed E-state index contributed by atoms with van der Waals surface area (Å²) < 4.78 is 4.98. The van der Waals surface area contributed by atoms with Crippen LogP contribution in [-0.2, 0) is 9.53 Å². The van der Waals surface area contributed by atoms with E-state index in [-0.39, 0.29) is 18.5 Å². The molecule has 17 heavy (non-hydrogen) atoms. The SMILES string of the molecule is CN(CC(=O)NC1COC1)c1ccc(Cl)cn1. The Balaban J connectivity index is 1.84. The van der Waals surface area contributed by atoms with Crippen LogP contribution in [0.5, 0.6) is 0 Å². The lowest BCUT2D eigenvalue weighted by Crippen LogP contribution is -2.51. The van der Waals surface area contributed by atoms with Crippen LogP contribution in [0.15, 0.2) is 18.3 Å². The molecule has 1 aromatic heterocycles. The number of aromatic nitrogens is 1. The summed E-state index contributed by atoms with van der Waals surface area (Å²) in [5, 5.41) is 3.45. The number of nitrogens with zero attached hydrogens (tertiary/aromatic N) is 2. The predicted molar refractivity (Wildman–Crippen MR) is 65.3 cm³/mol. The summed E-state index contributed by atoms with van der Waals surface area (Å²) in [5.41, 5.74) is 0. The molecule has 0 bridgehead atoms. The molecule has 0 unspecified atom stereocenters. The molecule has 6 heteroatoms. The number of amides is 1. The van der Waals surface area contributed by atoms with Crippen LogP contribution >= 0.6 is 11.6 Å². The number of hydrogen-bond acceptors (Lipinski definition) is 4. The predicted octanol–water partition coefficient (Wildman–Crippen LogP) is 0.686. The molecule has 0 saturated carbocycles. The van der Waals surface area contributed by atoms with Crippen LogP contribution in [0.4, 0.5) is 5.82 Å². The monoisotopic (exact) mass is 255 g/mol. The average Bonchev–Trinajstić information content (AvgIpc) is 2.24. The first-order valence-electron chi connectivity index (χ1n) is 5.35. The highest BCUT2D eigenvalue weighted by Crippen LogP contribution is 2.12. The lowest BCUT2D eigenvalue weighted by molar-refractivity contribution is -0.123. The third-order valence-electron chi connectivity index (χ3n) is 2.49. The fourth-order valence-electron chi connectivity index (χ4n) is 1.48. The zero-order chi connectivity index (χ0) is 12.3. The fourth-order valence-corrected chi connectivity index (χ4v) is 1.59. The van der Waals surface area contributed by atoms with Crippen LogP contribution < -0.4 is 10.2 Å². The summed E-state index contributed by atoms with van der Waals surface area (Å²) >= 11 is 5.74. The number of carbonyl (C=O) groups excluding carboxylic acids is 1. The first kappa shape index (κ1) is 12.1. The summed E-state index contributed by atoms with van der Waals surface area (Å²) in [4.78, 5) is 17.5. The van der Waals surface area contributed by atoms with E-state index in [1.165, 1.54) is 0 Å². The van der Waals surface area contributed by atoms with Crippen molar-refractivity contribution in [3.05, 3.63) is 23.4 Å². The van der Waals surface area contributed by atoms with Crippen LogP contribution in [-0.4, -0.2) is 43.7 Å². The van der Waals surface area contributed by atoms with E-state index in [0.717, 1.165) is 5.82 Å². The second-order valence-corrected chi connectivity index (χ2v) is 4.43. The minimum Gasteiger partial charge on any atom is -0.377 e. The lowest BCUT2D eigenvalue weighted by Gasteiger charge is -2.28. The van der Waals surface area contributed by atoms with Gasteiger partial charge >= 0.3 is 0 Å². The Bertz CT molecular complexity index is 392. The van der Waals surface area contributed by atoms with Gasteiger partial charge in [-0.15, -0.1) is 0 Å². The van der Waals surface area contributed by atoms with Crippen molar-refractivity contribution < 1.29 is 9.53 Å². The third kappa shape index (κ3) is 3.31. The number of nitrogens with one attached hydrogen (secondary N) is 1.